The van der Waals surface area contributed by atoms with Crippen molar-refractivity contribution in [3.05, 3.63) is 34.2 Å². The predicted molar refractivity (Wildman–Crippen MR) is 102 cm³/mol. The minimum atomic E-state index is -1.14. The Morgan fingerprint density at radius 2 is 2.22 bits per heavy atom. The Hall–Kier alpha value is -2.66. The van der Waals surface area contributed by atoms with Crippen LogP contribution in [-0.2, 0) is 24.2 Å². The van der Waals surface area contributed by atoms with E-state index < -0.39 is 5.97 Å². The van der Waals surface area contributed by atoms with E-state index in [1.165, 1.54) is 33.3 Å². The molecule has 1 unspecified atom stereocenters. The molecule has 1 atom stereocenters. The number of amides is 1. The van der Waals surface area contributed by atoms with Gasteiger partial charge in [-0.2, -0.15) is 5.26 Å². The van der Waals surface area contributed by atoms with E-state index in [2.05, 4.69) is 37.1 Å². The lowest BCUT2D eigenvalue weighted by Gasteiger charge is -2.33. The lowest BCUT2D eigenvalue weighted by molar-refractivity contribution is -0.116. The van der Waals surface area contributed by atoms with Crippen molar-refractivity contribution >= 4 is 28.2 Å². The molecule has 2 N–H and O–H groups in total. The fraction of sp³-hybridized carbons (Fsp3) is 0.474. The van der Waals surface area contributed by atoms with Crippen LogP contribution in [0, 0.1) is 22.7 Å². The van der Waals surface area contributed by atoms with E-state index in [-0.39, 0.29) is 23.6 Å². The number of rotatable bonds is 4. The fourth-order valence-electron chi connectivity index (χ4n) is 3.48. The highest BCUT2D eigenvalue weighted by Crippen LogP contribution is 2.43. The number of nitrogens with zero attached hydrogens (tertiary/aromatic N) is 3. The van der Waals surface area contributed by atoms with Crippen LogP contribution in [-0.4, -0.2) is 26.5 Å². The number of carbonyl (C=O) groups excluding carboxylic acids is 1. The molecule has 27 heavy (non-hydrogen) atoms. The molecule has 0 fully saturated rings. The summed E-state index contributed by atoms with van der Waals surface area (Å²) in [7, 11) is 0. The second-order valence-electron chi connectivity index (χ2n) is 7.89. The Balaban J connectivity index is 1.79. The van der Waals surface area contributed by atoms with Crippen molar-refractivity contribution in [2.45, 2.75) is 46.6 Å². The second-order valence-corrected chi connectivity index (χ2v) is 8.99. The maximum absolute atomic E-state index is 12.4. The monoisotopic (exact) mass is 386 g/mol. The molecular weight excluding hydrogens is 364 g/mol. The number of carboxylic acids is 1. The van der Waals surface area contributed by atoms with Gasteiger partial charge in [0.25, 0.3) is 0 Å². The summed E-state index contributed by atoms with van der Waals surface area (Å²) < 4.78 is 1.27. The molecule has 0 aliphatic heterocycles. The fourth-order valence-corrected chi connectivity index (χ4v) is 4.77. The summed E-state index contributed by atoms with van der Waals surface area (Å²) in [5.41, 5.74) is 1.74. The molecule has 0 aromatic carbocycles. The minimum Gasteiger partial charge on any atom is -0.477 e. The molecule has 3 rings (SSSR count). The number of aromatic nitrogens is 2. The number of fused-ring (bicyclic) bond motifs is 1. The van der Waals surface area contributed by atoms with Crippen molar-refractivity contribution in [3.8, 4) is 6.07 Å². The van der Waals surface area contributed by atoms with Crippen molar-refractivity contribution < 1.29 is 14.7 Å². The van der Waals surface area contributed by atoms with E-state index >= 15 is 0 Å². The number of hydrogen-bond acceptors (Lipinski definition) is 5. The number of hydrogen-bond donors (Lipinski definition) is 2. The molecule has 0 spiro atoms. The number of carboxylic acid groups (broad SMARTS) is 1. The summed E-state index contributed by atoms with van der Waals surface area (Å²) in [4.78, 5) is 28.5. The molecule has 1 amide bonds. The molecule has 0 radical (unpaired) electrons. The Morgan fingerprint density at radius 1 is 1.48 bits per heavy atom. The van der Waals surface area contributed by atoms with Crippen molar-refractivity contribution in [2.75, 3.05) is 5.32 Å². The molecule has 7 nitrogen and oxygen atoms in total. The standard InChI is InChI=1S/C19H22N4O3S/c1-19(2,3)11-4-5-12-13(7-20)17(27-15(12)6-11)22-16(24)9-23-10-21-8-14(23)18(25)26/h8,10-11H,4-6,9H2,1-3H3,(H,22,24)(H,25,26). The van der Waals surface area contributed by atoms with Gasteiger partial charge in [0, 0.05) is 4.88 Å². The molecule has 0 bridgehead atoms. The minimum absolute atomic E-state index is 0.0517. The number of imidazole rings is 1. The second kappa shape index (κ2) is 7.16. The van der Waals surface area contributed by atoms with E-state index in [0.29, 0.717) is 16.5 Å². The van der Waals surface area contributed by atoms with Crippen molar-refractivity contribution in [3.63, 3.8) is 0 Å². The van der Waals surface area contributed by atoms with Crippen molar-refractivity contribution in [2.24, 2.45) is 11.3 Å². The van der Waals surface area contributed by atoms with E-state index in [1.807, 2.05) is 0 Å². The van der Waals surface area contributed by atoms with Crippen LogP contribution in [0.4, 0.5) is 5.00 Å². The van der Waals surface area contributed by atoms with Crippen LogP contribution >= 0.6 is 11.3 Å². The molecule has 1 aliphatic rings. The summed E-state index contributed by atoms with van der Waals surface area (Å²) in [6, 6.07) is 2.23. The zero-order chi connectivity index (χ0) is 19.8. The van der Waals surface area contributed by atoms with Gasteiger partial charge in [0.05, 0.1) is 18.1 Å². The van der Waals surface area contributed by atoms with Crippen LogP contribution in [0.2, 0.25) is 0 Å². The average Bonchev–Trinajstić information content (AvgIpc) is 3.16. The maximum Gasteiger partial charge on any atom is 0.354 e. The Bertz CT molecular complexity index is 930. The highest BCUT2D eigenvalue weighted by Gasteiger charge is 2.32. The zero-order valence-corrected chi connectivity index (χ0v) is 16.4. The molecular formula is C19H22N4O3S. The summed E-state index contributed by atoms with van der Waals surface area (Å²) in [5.74, 6) is -0.974. The molecule has 2 aromatic heterocycles. The van der Waals surface area contributed by atoms with E-state index in [0.717, 1.165) is 24.8 Å². The van der Waals surface area contributed by atoms with Gasteiger partial charge in [0.1, 0.15) is 23.3 Å². The van der Waals surface area contributed by atoms with Gasteiger partial charge in [-0.1, -0.05) is 20.8 Å². The number of nitriles is 1. The van der Waals surface area contributed by atoms with Gasteiger partial charge in [0.2, 0.25) is 5.91 Å². The van der Waals surface area contributed by atoms with Crippen LogP contribution in [0.5, 0.6) is 0 Å². The molecule has 0 saturated heterocycles. The Kier molecular flexibility index (Phi) is 5.07. The molecule has 142 valence electrons. The molecule has 1 aliphatic carbocycles. The third-order valence-corrected chi connectivity index (χ3v) is 6.27. The van der Waals surface area contributed by atoms with Crippen LogP contribution in [0.15, 0.2) is 12.5 Å². The Morgan fingerprint density at radius 3 is 2.85 bits per heavy atom. The third-order valence-electron chi connectivity index (χ3n) is 5.10. The van der Waals surface area contributed by atoms with Gasteiger partial charge in [0.15, 0.2) is 0 Å². The van der Waals surface area contributed by atoms with Crippen LogP contribution in [0.3, 0.4) is 0 Å². The summed E-state index contributed by atoms with van der Waals surface area (Å²) in [6.07, 6.45) is 5.30. The van der Waals surface area contributed by atoms with Crippen molar-refractivity contribution in [1.29, 1.82) is 5.26 Å². The highest BCUT2D eigenvalue weighted by molar-refractivity contribution is 7.16. The van der Waals surface area contributed by atoms with E-state index in [1.54, 1.807) is 0 Å². The molecule has 8 heteroatoms. The van der Waals surface area contributed by atoms with E-state index in [9.17, 15) is 14.9 Å². The first-order valence-electron chi connectivity index (χ1n) is 8.78. The van der Waals surface area contributed by atoms with Gasteiger partial charge < -0.3 is 15.0 Å². The quantitative estimate of drug-likeness (QED) is 0.838. The number of carbonyl (C=O) groups is 2. The first-order chi connectivity index (χ1) is 12.7. The zero-order valence-electron chi connectivity index (χ0n) is 15.6. The number of anilines is 1. The van der Waals surface area contributed by atoms with Crippen LogP contribution in [0.25, 0.3) is 0 Å². The Labute approximate surface area is 161 Å². The SMILES string of the molecule is CC(C)(C)C1CCc2c(sc(NC(=O)Cn3cncc3C(=O)O)c2C#N)C1. The van der Waals surface area contributed by atoms with Crippen LogP contribution in [0.1, 0.15) is 53.7 Å². The third kappa shape index (κ3) is 3.88. The van der Waals surface area contributed by atoms with E-state index in [4.69, 9.17) is 5.11 Å². The van der Waals surface area contributed by atoms with Gasteiger partial charge in [-0.15, -0.1) is 11.3 Å². The molecule has 2 heterocycles. The van der Waals surface area contributed by atoms with Gasteiger partial charge in [-0.25, -0.2) is 9.78 Å². The average molecular weight is 386 g/mol. The normalized spacial score (nSPS) is 16.4. The van der Waals surface area contributed by atoms with Gasteiger partial charge in [-0.05, 0) is 36.2 Å². The first kappa shape index (κ1) is 19.1. The van der Waals surface area contributed by atoms with Gasteiger partial charge >= 0.3 is 5.97 Å². The summed E-state index contributed by atoms with van der Waals surface area (Å²) in [5, 5.41) is 22.0. The number of nitrogens with one attached hydrogen (secondary N) is 1. The van der Waals surface area contributed by atoms with Crippen LogP contribution < -0.4 is 5.32 Å². The first-order valence-corrected chi connectivity index (χ1v) is 9.60. The predicted octanol–water partition coefficient (Wildman–Crippen LogP) is 3.30. The maximum atomic E-state index is 12.4. The topological polar surface area (TPSA) is 108 Å². The summed E-state index contributed by atoms with van der Waals surface area (Å²) in [6.45, 7) is 6.53. The smallest absolute Gasteiger partial charge is 0.354 e. The number of aromatic carboxylic acids is 1. The largest absolute Gasteiger partial charge is 0.477 e. The van der Waals surface area contributed by atoms with Gasteiger partial charge in [-0.3, -0.25) is 4.79 Å². The highest BCUT2D eigenvalue weighted by atomic mass is 32.1. The lowest BCUT2D eigenvalue weighted by atomic mass is 9.72. The summed E-state index contributed by atoms with van der Waals surface area (Å²) >= 11 is 1.46. The molecule has 0 saturated carbocycles. The molecule has 2 aromatic rings. The van der Waals surface area contributed by atoms with Crippen molar-refractivity contribution in [1.82, 2.24) is 9.55 Å². The number of thiophene rings is 1. The lowest BCUT2D eigenvalue weighted by Crippen LogP contribution is -2.26.